The highest BCUT2D eigenvalue weighted by molar-refractivity contribution is 5.30. The molecule has 1 heterocycles. The van der Waals surface area contributed by atoms with E-state index in [-0.39, 0.29) is 0 Å². The Hall–Kier alpha value is -0.860. The molecule has 0 aliphatic carbocycles. The van der Waals surface area contributed by atoms with Crippen molar-refractivity contribution < 1.29 is 0 Å². The van der Waals surface area contributed by atoms with E-state index in [4.69, 9.17) is 0 Å². The second-order valence-corrected chi connectivity index (χ2v) is 4.99. The van der Waals surface area contributed by atoms with Gasteiger partial charge in [-0.15, -0.1) is 0 Å². The number of likely N-dealkylation sites (N-methyl/N-ethyl adjacent to an activating group) is 1. The first kappa shape index (κ1) is 11.6. The topological polar surface area (TPSA) is 15.3 Å². The SMILES string of the molecule is Cc1ccc(CN(C)C2CCNC2)c(C)c1. The van der Waals surface area contributed by atoms with Crippen molar-refractivity contribution in [1.29, 1.82) is 0 Å². The average molecular weight is 218 g/mol. The number of benzene rings is 1. The fraction of sp³-hybridized carbons (Fsp3) is 0.571. The number of nitrogens with zero attached hydrogens (tertiary/aromatic N) is 1. The second-order valence-electron chi connectivity index (χ2n) is 4.99. The monoisotopic (exact) mass is 218 g/mol. The number of nitrogens with one attached hydrogen (secondary N) is 1. The van der Waals surface area contributed by atoms with Gasteiger partial charge in [0.15, 0.2) is 0 Å². The average Bonchev–Trinajstić information content (AvgIpc) is 2.75. The van der Waals surface area contributed by atoms with Crippen LogP contribution in [0.4, 0.5) is 0 Å². The van der Waals surface area contributed by atoms with Crippen molar-refractivity contribution in [2.24, 2.45) is 0 Å². The molecule has 0 radical (unpaired) electrons. The van der Waals surface area contributed by atoms with Gasteiger partial charge in [-0.25, -0.2) is 0 Å². The van der Waals surface area contributed by atoms with Crippen LogP contribution >= 0.6 is 0 Å². The molecule has 16 heavy (non-hydrogen) atoms. The lowest BCUT2D eigenvalue weighted by molar-refractivity contribution is 0.248. The van der Waals surface area contributed by atoms with Crippen LogP contribution in [0.15, 0.2) is 18.2 Å². The molecule has 1 N–H and O–H groups in total. The van der Waals surface area contributed by atoms with E-state index in [9.17, 15) is 0 Å². The molecule has 1 unspecified atom stereocenters. The predicted octanol–water partition coefficient (Wildman–Crippen LogP) is 2.10. The Morgan fingerprint density at radius 2 is 2.19 bits per heavy atom. The van der Waals surface area contributed by atoms with Crippen LogP contribution in [-0.4, -0.2) is 31.1 Å². The zero-order valence-corrected chi connectivity index (χ0v) is 10.6. The normalized spacial score (nSPS) is 20.6. The van der Waals surface area contributed by atoms with Gasteiger partial charge in [0.05, 0.1) is 0 Å². The highest BCUT2D eigenvalue weighted by atomic mass is 15.2. The molecule has 0 aromatic heterocycles. The third-order valence-corrected chi connectivity index (χ3v) is 3.58. The molecule has 2 heteroatoms. The minimum absolute atomic E-state index is 0.709. The quantitative estimate of drug-likeness (QED) is 0.836. The van der Waals surface area contributed by atoms with Crippen molar-refractivity contribution in [2.75, 3.05) is 20.1 Å². The summed E-state index contributed by atoms with van der Waals surface area (Å²) in [4.78, 5) is 2.47. The van der Waals surface area contributed by atoms with E-state index in [1.54, 1.807) is 0 Å². The van der Waals surface area contributed by atoms with E-state index in [1.165, 1.54) is 29.7 Å². The zero-order chi connectivity index (χ0) is 11.5. The molecule has 1 fully saturated rings. The van der Waals surface area contributed by atoms with Gasteiger partial charge in [-0.05, 0) is 45.0 Å². The van der Waals surface area contributed by atoms with Gasteiger partial charge in [0, 0.05) is 19.1 Å². The summed E-state index contributed by atoms with van der Waals surface area (Å²) in [7, 11) is 2.23. The van der Waals surface area contributed by atoms with Crippen LogP contribution in [0, 0.1) is 13.8 Å². The molecule has 1 aromatic carbocycles. The van der Waals surface area contributed by atoms with Gasteiger partial charge in [-0.1, -0.05) is 23.8 Å². The lowest BCUT2D eigenvalue weighted by Crippen LogP contribution is -2.33. The maximum absolute atomic E-state index is 3.42. The Labute approximate surface area is 98.7 Å². The van der Waals surface area contributed by atoms with Crippen molar-refractivity contribution in [3.8, 4) is 0 Å². The molecule has 0 amide bonds. The Balaban J connectivity index is 2.02. The maximum Gasteiger partial charge on any atom is 0.0236 e. The van der Waals surface area contributed by atoms with Gasteiger partial charge in [-0.2, -0.15) is 0 Å². The van der Waals surface area contributed by atoms with Gasteiger partial charge in [0.1, 0.15) is 0 Å². The van der Waals surface area contributed by atoms with Gasteiger partial charge in [-0.3, -0.25) is 4.90 Å². The van der Waals surface area contributed by atoms with Crippen LogP contribution in [0.2, 0.25) is 0 Å². The largest absolute Gasteiger partial charge is 0.315 e. The summed E-state index contributed by atoms with van der Waals surface area (Å²) >= 11 is 0. The highest BCUT2D eigenvalue weighted by Crippen LogP contribution is 2.15. The summed E-state index contributed by atoms with van der Waals surface area (Å²) in [6.07, 6.45) is 1.28. The molecule has 88 valence electrons. The van der Waals surface area contributed by atoms with E-state index >= 15 is 0 Å². The van der Waals surface area contributed by atoms with Crippen molar-refractivity contribution in [3.05, 3.63) is 34.9 Å². The molecule has 1 aromatic rings. The molecule has 0 spiro atoms. The van der Waals surface area contributed by atoms with Gasteiger partial charge in [0.25, 0.3) is 0 Å². The molecule has 0 bridgehead atoms. The van der Waals surface area contributed by atoms with Crippen LogP contribution in [0.3, 0.4) is 0 Å². The molecule has 1 atom stereocenters. The zero-order valence-electron chi connectivity index (χ0n) is 10.6. The summed E-state index contributed by atoms with van der Waals surface area (Å²) < 4.78 is 0. The Morgan fingerprint density at radius 1 is 1.38 bits per heavy atom. The fourth-order valence-corrected chi connectivity index (χ4v) is 2.44. The van der Waals surface area contributed by atoms with Crippen LogP contribution < -0.4 is 5.32 Å². The van der Waals surface area contributed by atoms with E-state index in [0.717, 1.165) is 13.1 Å². The number of hydrogen-bond acceptors (Lipinski definition) is 2. The van der Waals surface area contributed by atoms with Crippen LogP contribution in [-0.2, 0) is 6.54 Å². The second kappa shape index (κ2) is 4.98. The van der Waals surface area contributed by atoms with E-state index < -0.39 is 0 Å². The molecular formula is C14H22N2. The first-order valence-electron chi connectivity index (χ1n) is 6.14. The van der Waals surface area contributed by atoms with Gasteiger partial charge >= 0.3 is 0 Å². The summed E-state index contributed by atoms with van der Waals surface area (Å²) in [5.41, 5.74) is 4.23. The van der Waals surface area contributed by atoms with Crippen molar-refractivity contribution >= 4 is 0 Å². The highest BCUT2D eigenvalue weighted by Gasteiger charge is 2.19. The first-order chi connectivity index (χ1) is 7.66. The van der Waals surface area contributed by atoms with Crippen LogP contribution in [0.5, 0.6) is 0 Å². The van der Waals surface area contributed by atoms with E-state index in [0.29, 0.717) is 6.04 Å². The fourth-order valence-electron chi connectivity index (χ4n) is 2.44. The van der Waals surface area contributed by atoms with Crippen molar-refractivity contribution in [1.82, 2.24) is 10.2 Å². The van der Waals surface area contributed by atoms with Crippen LogP contribution in [0.25, 0.3) is 0 Å². The van der Waals surface area contributed by atoms with E-state index in [2.05, 4.69) is 49.3 Å². The predicted molar refractivity (Wildman–Crippen MR) is 68.7 cm³/mol. The number of aryl methyl sites for hydroxylation is 2. The first-order valence-corrected chi connectivity index (χ1v) is 6.14. The Bertz CT molecular complexity index is 354. The molecule has 1 aliphatic rings. The standard InChI is InChI=1S/C14H22N2/c1-11-4-5-13(12(2)8-11)10-16(3)14-6-7-15-9-14/h4-5,8,14-15H,6-7,9-10H2,1-3H3. The van der Waals surface area contributed by atoms with Gasteiger partial charge < -0.3 is 5.32 Å². The third kappa shape index (κ3) is 2.63. The summed E-state index contributed by atoms with van der Waals surface area (Å²) in [5.74, 6) is 0. The number of hydrogen-bond donors (Lipinski definition) is 1. The number of rotatable bonds is 3. The lowest BCUT2D eigenvalue weighted by atomic mass is 10.0. The van der Waals surface area contributed by atoms with Crippen molar-refractivity contribution in [3.63, 3.8) is 0 Å². The van der Waals surface area contributed by atoms with Gasteiger partial charge in [0.2, 0.25) is 0 Å². The molecule has 1 aliphatic heterocycles. The minimum Gasteiger partial charge on any atom is -0.315 e. The smallest absolute Gasteiger partial charge is 0.0236 e. The lowest BCUT2D eigenvalue weighted by Gasteiger charge is -2.24. The third-order valence-electron chi connectivity index (χ3n) is 3.58. The Kier molecular flexibility index (Phi) is 3.62. The summed E-state index contributed by atoms with van der Waals surface area (Å²) in [5, 5.41) is 3.42. The summed E-state index contributed by atoms with van der Waals surface area (Å²) in [6, 6.07) is 7.46. The molecule has 1 saturated heterocycles. The molecule has 2 nitrogen and oxygen atoms in total. The molecule has 0 saturated carbocycles. The van der Waals surface area contributed by atoms with E-state index in [1.807, 2.05) is 0 Å². The van der Waals surface area contributed by atoms with Crippen LogP contribution in [0.1, 0.15) is 23.1 Å². The Morgan fingerprint density at radius 3 is 2.81 bits per heavy atom. The molecular weight excluding hydrogens is 196 g/mol. The van der Waals surface area contributed by atoms with Crippen molar-refractivity contribution in [2.45, 2.75) is 32.9 Å². The minimum atomic E-state index is 0.709. The molecule has 2 rings (SSSR count). The maximum atomic E-state index is 3.42. The summed E-state index contributed by atoms with van der Waals surface area (Å²) in [6.45, 7) is 7.74.